The van der Waals surface area contributed by atoms with Crippen LogP contribution in [0.15, 0.2) is 0 Å². The smallest absolute Gasteiger partial charge is 0.394 e. The molecule has 3 amide bonds. The van der Waals surface area contributed by atoms with Crippen LogP contribution in [0, 0.1) is 11.8 Å². The van der Waals surface area contributed by atoms with Crippen LogP contribution in [0.25, 0.3) is 0 Å². The van der Waals surface area contributed by atoms with Gasteiger partial charge in [-0.2, -0.15) is 13.2 Å². The van der Waals surface area contributed by atoms with Crippen LogP contribution in [0.3, 0.4) is 0 Å². The van der Waals surface area contributed by atoms with Crippen molar-refractivity contribution in [3.05, 3.63) is 0 Å². The van der Waals surface area contributed by atoms with Gasteiger partial charge in [-0.25, -0.2) is 0 Å². The summed E-state index contributed by atoms with van der Waals surface area (Å²) >= 11 is 0. The summed E-state index contributed by atoms with van der Waals surface area (Å²) in [6.45, 7) is 2.54. The molecule has 0 bridgehead atoms. The number of nitrogens with one attached hydrogen (secondary N) is 2. The Bertz CT molecular complexity index is 1260. The van der Waals surface area contributed by atoms with E-state index in [1.807, 2.05) is 6.92 Å². The van der Waals surface area contributed by atoms with Gasteiger partial charge in [0.15, 0.2) is 12.6 Å². The minimum atomic E-state index is -5.26. The van der Waals surface area contributed by atoms with Gasteiger partial charge in [0.2, 0.25) is 5.91 Å². The second kappa shape index (κ2) is 18.8. The molecule has 5 aliphatic rings. The fraction of sp³-hybridized carbons (Fsp3) is 0.914. The Labute approximate surface area is 311 Å². The maximum absolute atomic E-state index is 13.8. The zero-order chi connectivity index (χ0) is 39.3. The fourth-order valence-electron chi connectivity index (χ4n) is 8.02. The van der Waals surface area contributed by atoms with Crippen molar-refractivity contribution in [3.8, 4) is 0 Å². The standard InChI is InChI=1S/C35H56F3N3O13/c1-17-8-6-11-20(29(17)54-33-28(47)27(46)25(44)18(2)50-33)52-32-24(40-23(43)15-39-34(49)35(36,37)38)30(26(45)22(16-42)53-32)51-21(31(48)41-12-7-13-41)14-19-9-4-3-5-10-19/h17-22,24-30,32-33,42,44-47H,3-16H2,1-2H3,(H,39,49)(H,40,43)/t17?,18?,20-,21+,22?,24?,25-,26+,27?,28?,29?,30?,32-,33+/m1/s1. The summed E-state index contributed by atoms with van der Waals surface area (Å²) < 4.78 is 69.6. The molecule has 3 aliphatic heterocycles. The molecular weight excluding hydrogens is 727 g/mol. The summed E-state index contributed by atoms with van der Waals surface area (Å²) in [6.07, 6.45) is -13.4. The van der Waals surface area contributed by atoms with E-state index in [0.29, 0.717) is 38.8 Å². The van der Waals surface area contributed by atoms with Crippen LogP contribution in [0.5, 0.6) is 0 Å². The van der Waals surface area contributed by atoms with Crippen LogP contribution in [-0.4, -0.2) is 160 Å². The summed E-state index contributed by atoms with van der Waals surface area (Å²) in [6, 6.07) is -1.48. The average Bonchev–Trinajstić information content (AvgIpc) is 3.11. The summed E-state index contributed by atoms with van der Waals surface area (Å²) in [7, 11) is 0. The quantitative estimate of drug-likeness (QED) is 0.127. The highest BCUT2D eigenvalue weighted by molar-refractivity contribution is 5.87. The summed E-state index contributed by atoms with van der Waals surface area (Å²) in [5.41, 5.74) is 0. The zero-order valence-electron chi connectivity index (χ0n) is 30.6. The number of amides is 3. The first-order valence-electron chi connectivity index (χ1n) is 19.1. The van der Waals surface area contributed by atoms with Crippen molar-refractivity contribution in [3.63, 3.8) is 0 Å². The third kappa shape index (κ3) is 10.4. The average molecular weight is 784 g/mol. The Balaban J connectivity index is 1.42. The number of ether oxygens (including phenoxy) is 5. The SMILES string of the molecule is CC1CCC[C@@H](O[C@@H]2OC(CO)[C@H](O)C(O[C@@H](CC3CCCCC3)C(=O)N3CCC3)C2NC(=O)CNC(=O)C(F)(F)F)C1O[C@@H]1OC(C)[C@@H](O)C(O)C1O. The molecule has 3 heterocycles. The summed E-state index contributed by atoms with van der Waals surface area (Å²) in [5.74, 6) is -3.86. The molecule has 0 aromatic rings. The molecule has 0 spiro atoms. The van der Waals surface area contributed by atoms with Crippen molar-refractivity contribution in [1.82, 2.24) is 15.5 Å². The molecule has 0 aromatic heterocycles. The van der Waals surface area contributed by atoms with E-state index in [2.05, 4.69) is 5.32 Å². The number of aliphatic hydroxyl groups is 5. The first kappa shape index (κ1) is 42.9. The Morgan fingerprint density at radius 1 is 0.833 bits per heavy atom. The fourth-order valence-corrected chi connectivity index (χ4v) is 8.02. The number of likely N-dealkylation sites (tertiary alicyclic amines) is 1. The minimum Gasteiger partial charge on any atom is -0.394 e. The van der Waals surface area contributed by atoms with Gasteiger partial charge in [0, 0.05) is 13.1 Å². The number of aliphatic hydroxyl groups excluding tert-OH is 5. The summed E-state index contributed by atoms with van der Waals surface area (Å²) in [4.78, 5) is 40.1. The molecule has 7 N–H and O–H groups in total. The molecule has 16 nitrogen and oxygen atoms in total. The minimum absolute atomic E-state index is 0.138. The van der Waals surface area contributed by atoms with Gasteiger partial charge in [0.05, 0.1) is 31.5 Å². The van der Waals surface area contributed by atoms with E-state index in [-0.39, 0.29) is 17.7 Å². The maximum Gasteiger partial charge on any atom is 0.471 e. The van der Waals surface area contributed by atoms with Crippen molar-refractivity contribution < 1.29 is 76.8 Å². The lowest BCUT2D eigenvalue weighted by Crippen LogP contribution is -2.68. The molecule has 2 saturated carbocycles. The van der Waals surface area contributed by atoms with Gasteiger partial charge in [-0.3, -0.25) is 14.4 Å². The number of nitrogens with zero attached hydrogens (tertiary/aromatic N) is 1. The molecule has 0 radical (unpaired) electrons. The predicted molar refractivity (Wildman–Crippen MR) is 179 cm³/mol. The highest BCUT2D eigenvalue weighted by Crippen LogP contribution is 2.37. The van der Waals surface area contributed by atoms with Crippen molar-refractivity contribution >= 4 is 17.7 Å². The molecule has 5 rings (SSSR count). The van der Waals surface area contributed by atoms with Crippen LogP contribution in [0.4, 0.5) is 13.2 Å². The number of hydrogen-bond donors (Lipinski definition) is 7. The zero-order valence-corrected chi connectivity index (χ0v) is 30.6. The van der Waals surface area contributed by atoms with Gasteiger partial charge >= 0.3 is 12.1 Å². The number of alkyl halides is 3. The predicted octanol–water partition coefficient (Wildman–Crippen LogP) is -0.398. The normalized spacial score (nSPS) is 38.6. The molecule has 0 aromatic carbocycles. The largest absolute Gasteiger partial charge is 0.471 e. The van der Waals surface area contributed by atoms with Crippen molar-refractivity contribution in [2.45, 2.75) is 164 Å². The second-order valence-corrected chi connectivity index (χ2v) is 15.4. The Kier molecular flexibility index (Phi) is 15.0. The molecule has 19 heteroatoms. The molecular formula is C35H56F3N3O13. The number of rotatable bonds is 13. The highest BCUT2D eigenvalue weighted by Gasteiger charge is 2.52. The summed E-state index contributed by atoms with van der Waals surface area (Å²) in [5, 5.41) is 57.1. The van der Waals surface area contributed by atoms with E-state index in [0.717, 1.165) is 38.5 Å². The molecule has 8 unspecified atom stereocenters. The first-order valence-corrected chi connectivity index (χ1v) is 19.1. The Morgan fingerprint density at radius 3 is 2.17 bits per heavy atom. The molecule has 3 saturated heterocycles. The Morgan fingerprint density at radius 2 is 1.54 bits per heavy atom. The van der Waals surface area contributed by atoms with Crippen LogP contribution in [-0.2, 0) is 38.1 Å². The van der Waals surface area contributed by atoms with Crippen molar-refractivity contribution in [2.24, 2.45) is 11.8 Å². The molecule has 14 atom stereocenters. The van der Waals surface area contributed by atoms with Gasteiger partial charge in [-0.15, -0.1) is 0 Å². The van der Waals surface area contributed by atoms with E-state index in [9.17, 15) is 53.1 Å². The number of hydrogen-bond acceptors (Lipinski definition) is 13. The van der Waals surface area contributed by atoms with E-state index >= 15 is 0 Å². The number of halogens is 3. The molecule has 2 aliphatic carbocycles. The van der Waals surface area contributed by atoms with Gasteiger partial charge in [0.25, 0.3) is 5.91 Å². The topological polar surface area (TPSA) is 226 Å². The second-order valence-electron chi connectivity index (χ2n) is 15.4. The van der Waals surface area contributed by atoms with Gasteiger partial charge < -0.3 is 64.8 Å². The van der Waals surface area contributed by atoms with E-state index in [1.54, 1.807) is 4.90 Å². The third-order valence-electron chi connectivity index (χ3n) is 11.4. The maximum atomic E-state index is 13.8. The monoisotopic (exact) mass is 783 g/mol. The van der Waals surface area contributed by atoms with E-state index < -0.39 is 111 Å². The van der Waals surface area contributed by atoms with Crippen LogP contribution in [0.1, 0.15) is 78.1 Å². The van der Waals surface area contributed by atoms with Crippen LogP contribution in [0.2, 0.25) is 0 Å². The Hall–Kier alpha value is -2.20. The van der Waals surface area contributed by atoms with Crippen LogP contribution < -0.4 is 10.6 Å². The highest BCUT2D eigenvalue weighted by atomic mass is 19.4. The number of carbonyl (C=O) groups is 3. The van der Waals surface area contributed by atoms with E-state index in [1.165, 1.54) is 12.2 Å². The molecule has 310 valence electrons. The lowest BCUT2D eigenvalue weighted by molar-refractivity contribution is -0.336. The third-order valence-corrected chi connectivity index (χ3v) is 11.4. The number of carbonyl (C=O) groups excluding carboxylic acids is 3. The molecule has 54 heavy (non-hydrogen) atoms. The molecule has 5 fully saturated rings. The van der Waals surface area contributed by atoms with E-state index in [4.69, 9.17) is 23.7 Å². The van der Waals surface area contributed by atoms with Gasteiger partial charge in [-0.1, -0.05) is 45.4 Å². The lowest BCUT2D eigenvalue weighted by Gasteiger charge is -2.48. The lowest BCUT2D eigenvalue weighted by atomic mass is 9.84. The van der Waals surface area contributed by atoms with Gasteiger partial charge in [0.1, 0.15) is 48.8 Å². The van der Waals surface area contributed by atoms with Crippen molar-refractivity contribution in [1.29, 1.82) is 0 Å². The van der Waals surface area contributed by atoms with Crippen LogP contribution >= 0.6 is 0 Å². The van der Waals surface area contributed by atoms with Crippen molar-refractivity contribution in [2.75, 3.05) is 26.2 Å². The van der Waals surface area contributed by atoms with Gasteiger partial charge in [-0.05, 0) is 44.4 Å². The first-order chi connectivity index (χ1) is 25.6.